The number of carbonyl (C=O) groups is 2. The fraction of sp³-hybridized carbons (Fsp3) is 0.0526. The third-order valence-corrected chi connectivity index (χ3v) is 4.18. The van der Waals surface area contributed by atoms with Gasteiger partial charge in [-0.25, -0.2) is 9.59 Å². The molecule has 0 bridgehead atoms. The van der Waals surface area contributed by atoms with Crippen molar-refractivity contribution in [2.45, 2.75) is 6.18 Å². The van der Waals surface area contributed by atoms with Crippen molar-refractivity contribution >= 4 is 28.4 Å². The van der Waals surface area contributed by atoms with E-state index >= 15 is 0 Å². The Kier molecular flexibility index (Phi) is 3.59. The lowest BCUT2D eigenvalue weighted by molar-refractivity contribution is -0.137. The molecule has 1 aliphatic heterocycles. The number of carbonyl (C=O) groups excluding carboxylic acids is 2. The number of hydrogen-bond acceptors (Lipinski definition) is 5. The van der Waals surface area contributed by atoms with Crippen LogP contribution in [0.25, 0.3) is 10.8 Å². The highest BCUT2D eigenvalue weighted by Crippen LogP contribution is 2.39. The molecule has 3 aromatic rings. The van der Waals surface area contributed by atoms with Crippen molar-refractivity contribution in [3.05, 3.63) is 65.2 Å². The third kappa shape index (κ3) is 2.75. The molecule has 0 atom stereocenters. The van der Waals surface area contributed by atoms with Crippen LogP contribution >= 0.6 is 0 Å². The standard InChI is InChI=1S/C19H10F3NO4/c20-19(21,22)9-4-6-15(13(23)8-9)26-14-7-5-12-16-10(14)2-1-3-11(16)17(24)27-18(12)25/h1-8H,23H2. The smallest absolute Gasteiger partial charge is 0.416 e. The normalized spacial score (nSPS) is 13.6. The van der Waals surface area contributed by atoms with Crippen LogP contribution in [0.4, 0.5) is 18.9 Å². The minimum atomic E-state index is -4.52. The van der Waals surface area contributed by atoms with Gasteiger partial charge in [-0.2, -0.15) is 13.2 Å². The molecule has 0 radical (unpaired) electrons. The summed E-state index contributed by atoms with van der Waals surface area (Å²) in [7, 11) is 0. The minimum Gasteiger partial charge on any atom is -0.455 e. The van der Waals surface area contributed by atoms with E-state index in [1.54, 1.807) is 12.1 Å². The second-order valence-electron chi connectivity index (χ2n) is 5.87. The highest BCUT2D eigenvalue weighted by Gasteiger charge is 2.31. The van der Waals surface area contributed by atoms with E-state index in [1.165, 1.54) is 18.2 Å². The Labute approximate surface area is 150 Å². The van der Waals surface area contributed by atoms with Gasteiger partial charge < -0.3 is 15.2 Å². The number of halogens is 3. The Bertz CT molecular complexity index is 1100. The number of alkyl halides is 3. The quantitative estimate of drug-likeness (QED) is 0.405. The number of anilines is 1. The Morgan fingerprint density at radius 3 is 2.22 bits per heavy atom. The van der Waals surface area contributed by atoms with Crippen LogP contribution in [0.2, 0.25) is 0 Å². The average Bonchev–Trinajstić information content (AvgIpc) is 2.61. The molecule has 2 N–H and O–H groups in total. The molecule has 27 heavy (non-hydrogen) atoms. The number of ether oxygens (including phenoxy) is 2. The van der Waals surface area contributed by atoms with Crippen LogP contribution in [0, 0.1) is 0 Å². The summed E-state index contributed by atoms with van der Waals surface area (Å²) < 4.78 is 48.7. The van der Waals surface area contributed by atoms with Crippen LogP contribution < -0.4 is 10.5 Å². The molecule has 5 nitrogen and oxygen atoms in total. The fourth-order valence-electron chi connectivity index (χ4n) is 2.94. The van der Waals surface area contributed by atoms with Crippen LogP contribution in [-0.4, -0.2) is 11.9 Å². The summed E-state index contributed by atoms with van der Waals surface area (Å²) in [6, 6.07) is 10.4. The fourth-order valence-corrected chi connectivity index (χ4v) is 2.94. The van der Waals surface area contributed by atoms with Crippen molar-refractivity contribution in [1.82, 2.24) is 0 Å². The lowest BCUT2D eigenvalue weighted by Gasteiger charge is -2.18. The monoisotopic (exact) mass is 373 g/mol. The maximum Gasteiger partial charge on any atom is 0.416 e. The second-order valence-corrected chi connectivity index (χ2v) is 5.87. The molecule has 4 rings (SSSR count). The van der Waals surface area contributed by atoms with Gasteiger partial charge in [0.25, 0.3) is 0 Å². The summed E-state index contributed by atoms with van der Waals surface area (Å²) in [6.45, 7) is 0. The summed E-state index contributed by atoms with van der Waals surface area (Å²) in [5.41, 5.74) is 5.02. The first kappa shape index (κ1) is 16.9. The Morgan fingerprint density at radius 1 is 0.889 bits per heavy atom. The van der Waals surface area contributed by atoms with E-state index in [2.05, 4.69) is 4.74 Å². The molecule has 0 unspecified atom stereocenters. The third-order valence-electron chi connectivity index (χ3n) is 4.18. The van der Waals surface area contributed by atoms with Crippen LogP contribution in [0.15, 0.2) is 48.5 Å². The van der Waals surface area contributed by atoms with Gasteiger partial charge in [0, 0.05) is 10.8 Å². The van der Waals surface area contributed by atoms with E-state index in [1.807, 2.05) is 0 Å². The molecule has 0 amide bonds. The predicted molar refractivity (Wildman–Crippen MR) is 89.6 cm³/mol. The van der Waals surface area contributed by atoms with Gasteiger partial charge in [-0.15, -0.1) is 0 Å². The SMILES string of the molecule is Nc1cc(C(F)(F)F)ccc1Oc1ccc2c3c(cccc13)C(=O)OC2=O. The topological polar surface area (TPSA) is 78.6 Å². The Balaban J connectivity index is 1.82. The van der Waals surface area contributed by atoms with Crippen molar-refractivity contribution in [1.29, 1.82) is 0 Å². The molecule has 8 heteroatoms. The maximum absolute atomic E-state index is 12.8. The number of nitrogen functional groups attached to an aromatic ring is 1. The van der Waals surface area contributed by atoms with E-state index in [0.29, 0.717) is 10.8 Å². The number of benzene rings is 3. The largest absolute Gasteiger partial charge is 0.455 e. The van der Waals surface area contributed by atoms with Gasteiger partial charge in [-0.05, 0) is 36.4 Å². The van der Waals surface area contributed by atoms with Gasteiger partial charge in [0.05, 0.1) is 22.4 Å². The molecule has 0 saturated heterocycles. The Morgan fingerprint density at radius 2 is 1.56 bits per heavy atom. The number of nitrogens with two attached hydrogens (primary N) is 1. The van der Waals surface area contributed by atoms with Crippen LogP contribution in [0.5, 0.6) is 11.5 Å². The van der Waals surface area contributed by atoms with Crippen molar-refractivity contribution in [2.75, 3.05) is 5.73 Å². The molecule has 0 spiro atoms. The number of esters is 2. The first-order valence-electron chi connectivity index (χ1n) is 7.72. The molecule has 1 aliphatic rings. The zero-order chi connectivity index (χ0) is 19.3. The molecule has 0 fully saturated rings. The van der Waals surface area contributed by atoms with Crippen molar-refractivity contribution in [3.8, 4) is 11.5 Å². The van der Waals surface area contributed by atoms with Crippen molar-refractivity contribution in [2.24, 2.45) is 0 Å². The van der Waals surface area contributed by atoms with Gasteiger partial charge in [0.1, 0.15) is 11.5 Å². The molecule has 136 valence electrons. The molecular weight excluding hydrogens is 363 g/mol. The van der Waals surface area contributed by atoms with Gasteiger partial charge >= 0.3 is 18.1 Å². The van der Waals surface area contributed by atoms with Crippen LogP contribution in [0.1, 0.15) is 26.3 Å². The zero-order valence-electron chi connectivity index (χ0n) is 13.5. The Hall–Kier alpha value is -3.55. The summed E-state index contributed by atoms with van der Waals surface area (Å²) in [5, 5.41) is 0.802. The van der Waals surface area contributed by atoms with E-state index in [0.717, 1.165) is 18.2 Å². The second kappa shape index (κ2) is 5.73. The first-order valence-corrected chi connectivity index (χ1v) is 7.72. The summed E-state index contributed by atoms with van der Waals surface area (Å²) in [6.07, 6.45) is -4.52. The molecule has 0 saturated carbocycles. The predicted octanol–water partition coefficient (Wildman–Crippen LogP) is 4.54. The van der Waals surface area contributed by atoms with E-state index in [9.17, 15) is 22.8 Å². The highest BCUT2D eigenvalue weighted by molar-refractivity contribution is 6.21. The maximum atomic E-state index is 12.8. The van der Waals surface area contributed by atoms with Gasteiger partial charge in [-0.1, -0.05) is 12.1 Å². The molecule has 1 heterocycles. The van der Waals surface area contributed by atoms with Gasteiger partial charge in [0.15, 0.2) is 0 Å². The molecule has 0 aromatic heterocycles. The highest BCUT2D eigenvalue weighted by atomic mass is 19.4. The summed E-state index contributed by atoms with van der Waals surface area (Å²) >= 11 is 0. The number of rotatable bonds is 2. The lowest BCUT2D eigenvalue weighted by atomic mass is 9.96. The number of hydrogen-bond donors (Lipinski definition) is 1. The molecule has 3 aromatic carbocycles. The van der Waals surface area contributed by atoms with E-state index in [-0.39, 0.29) is 28.3 Å². The summed E-state index contributed by atoms with van der Waals surface area (Å²) in [4.78, 5) is 23.9. The van der Waals surface area contributed by atoms with Crippen LogP contribution in [0.3, 0.4) is 0 Å². The first-order chi connectivity index (χ1) is 12.8. The van der Waals surface area contributed by atoms with Crippen molar-refractivity contribution < 1.29 is 32.2 Å². The lowest BCUT2D eigenvalue weighted by Crippen LogP contribution is -2.19. The summed E-state index contributed by atoms with van der Waals surface area (Å²) in [5.74, 6) is -1.29. The zero-order valence-corrected chi connectivity index (χ0v) is 13.5. The average molecular weight is 373 g/mol. The minimum absolute atomic E-state index is 0.0217. The van der Waals surface area contributed by atoms with Crippen LogP contribution in [-0.2, 0) is 10.9 Å². The molecule has 0 aliphatic carbocycles. The molecular formula is C19H10F3NO4. The number of cyclic esters (lactones) is 2. The van der Waals surface area contributed by atoms with E-state index in [4.69, 9.17) is 10.5 Å². The van der Waals surface area contributed by atoms with Crippen molar-refractivity contribution in [3.63, 3.8) is 0 Å². The van der Waals surface area contributed by atoms with Gasteiger partial charge in [0.2, 0.25) is 0 Å². The van der Waals surface area contributed by atoms with E-state index < -0.39 is 23.7 Å². The van der Waals surface area contributed by atoms with Gasteiger partial charge in [-0.3, -0.25) is 0 Å².